The van der Waals surface area contributed by atoms with E-state index in [9.17, 15) is 4.79 Å². The van der Waals surface area contributed by atoms with Crippen LogP contribution in [0.15, 0.2) is 77.4 Å². The van der Waals surface area contributed by atoms with Crippen LogP contribution in [0.4, 0.5) is 0 Å². The Balaban J connectivity index is 1.60. The molecule has 4 heteroatoms. The number of furan rings is 1. The highest BCUT2D eigenvalue weighted by Gasteiger charge is 2.18. The van der Waals surface area contributed by atoms with Crippen LogP contribution in [-0.2, 0) is 13.1 Å². The number of amides is 1. The van der Waals surface area contributed by atoms with Crippen molar-refractivity contribution in [3.05, 3.63) is 89.9 Å². The van der Waals surface area contributed by atoms with Gasteiger partial charge in [0.25, 0.3) is 5.91 Å². The molecule has 0 atom stereocenters. The molecule has 3 aromatic rings. The quantitative estimate of drug-likeness (QED) is 0.324. The number of benzene rings is 2. The van der Waals surface area contributed by atoms with Gasteiger partial charge in [0.15, 0.2) is 0 Å². The number of nitrogens with zero attached hydrogens (tertiary/aromatic N) is 1. The van der Waals surface area contributed by atoms with Gasteiger partial charge in [-0.05, 0) is 48.4 Å². The first-order chi connectivity index (χ1) is 14.8. The Labute approximate surface area is 179 Å². The fourth-order valence-corrected chi connectivity index (χ4v) is 3.37. The molecule has 0 aliphatic carbocycles. The molecule has 0 N–H and O–H groups in total. The Kier molecular flexibility index (Phi) is 8.58. The van der Waals surface area contributed by atoms with Gasteiger partial charge in [-0.1, -0.05) is 62.9 Å². The molecule has 0 aliphatic heterocycles. The van der Waals surface area contributed by atoms with E-state index in [1.165, 1.54) is 25.7 Å². The Morgan fingerprint density at radius 1 is 0.867 bits per heavy atom. The minimum absolute atomic E-state index is 0.0265. The molecule has 1 aromatic heterocycles. The van der Waals surface area contributed by atoms with Gasteiger partial charge in [0.1, 0.15) is 11.5 Å². The molecule has 4 nitrogen and oxygen atoms in total. The SMILES string of the molecule is CCCCCCCOc1ccc(C(=O)N(Cc2ccccc2)Cc2ccco2)cc1. The smallest absolute Gasteiger partial charge is 0.254 e. The molecule has 0 spiro atoms. The fourth-order valence-electron chi connectivity index (χ4n) is 3.37. The van der Waals surface area contributed by atoms with Crippen molar-refractivity contribution in [1.82, 2.24) is 4.90 Å². The van der Waals surface area contributed by atoms with Crippen LogP contribution in [0.25, 0.3) is 0 Å². The number of ether oxygens (including phenoxy) is 1. The molecule has 2 aromatic carbocycles. The molecule has 0 fully saturated rings. The van der Waals surface area contributed by atoms with Gasteiger partial charge in [0, 0.05) is 12.1 Å². The average molecular weight is 406 g/mol. The zero-order valence-electron chi connectivity index (χ0n) is 17.8. The number of rotatable bonds is 12. The summed E-state index contributed by atoms with van der Waals surface area (Å²) in [7, 11) is 0. The number of hydrogen-bond acceptors (Lipinski definition) is 3. The van der Waals surface area contributed by atoms with E-state index in [1.54, 1.807) is 11.2 Å². The lowest BCUT2D eigenvalue weighted by molar-refractivity contribution is 0.0717. The summed E-state index contributed by atoms with van der Waals surface area (Å²) in [6, 6.07) is 21.2. The first-order valence-electron chi connectivity index (χ1n) is 10.8. The Morgan fingerprint density at radius 2 is 1.63 bits per heavy atom. The summed E-state index contributed by atoms with van der Waals surface area (Å²) in [6.07, 6.45) is 7.70. The van der Waals surface area contributed by atoms with Gasteiger partial charge >= 0.3 is 0 Å². The maximum Gasteiger partial charge on any atom is 0.254 e. The maximum atomic E-state index is 13.2. The molecule has 0 saturated heterocycles. The van der Waals surface area contributed by atoms with Crippen molar-refractivity contribution in [3.63, 3.8) is 0 Å². The lowest BCUT2D eigenvalue weighted by Gasteiger charge is -2.22. The van der Waals surface area contributed by atoms with Crippen LogP contribution in [0.5, 0.6) is 5.75 Å². The van der Waals surface area contributed by atoms with Crippen molar-refractivity contribution in [2.45, 2.75) is 52.1 Å². The van der Waals surface area contributed by atoms with E-state index >= 15 is 0 Å². The average Bonchev–Trinajstić information content (AvgIpc) is 3.29. The molecule has 0 aliphatic rings. The Bertz CT molecular complexity index is 857. The van der Waals surface area contributed by atoms with Crippen LogP contribution in [0.1, 0.15) is 60.7 Å². The third-order valence-electron chi connectivity index (χ3n) is 5.05. The largest absolute Gasteiger partial charge is 0.494 e. The van der Waals surface area contributed by atoms with E-state index in [1.807, 2.05) is 66.7 Å². The van der Waals surface area contributed by atoms with Gasteiger partial charge in [0.05, 0.1) is 19.4 Å². The van der Waals surface area contributed by atoms with Gasteiger partial charge in [-0.3, -0.25) is 4.79 Å². The molecule has 1 amide bonds. The second kappa shape index (κ2) is 11.9. The summed E-state index contributed by atoms with van der Waals surface area (Å²) < 4.78 is 11.3. The summed E-state index contributed by atoms with van der Waals surface area (Å²) in [4.78, 5) is 15.0. The van der Waals surface area contributed by atoms with Gasteiger partial charge < -0.3 is 14.1 Å². The van der Waals surface area contributed by atoms with E-state index < -0.39 is 0 Å². The van der Waals surface area contributed by atoms with Crippen LogP contribution in [0.3, 0.4) is 0 Å². The highest BCUT2D eigenvalue weighted by atomic mass is 16.5. The minimum Gasteiger partial charge on any atom is -0.494 e. The van der Waals surface area contributed by atoms with Crippen LogP contribution in [-0.4, -0.2) is 17.4 Å². The molecule has 0 radical (unpaired) electrons. The van der Waals surface area contributed by atoms with Crippen molar-refractivity contribution < 1.29 is 13.9 Å². The second-order valence-corrected chi connectivity index (χ2v) is 7.51. The molecule has 158 valence electrons. The Hall–Kier alpha value is -3.01. The maximum absolute atomic E-state index is 13.2. The molecule has 0 unspecified atom stereocenters. The molecule has 3 rings (SSSR count). The molecule has 30 heavy (non-hydrogen) atoms. The standard InChI is InChI=1S/C26H31NO3/c1-2-3-4-5-9-18-29-24-16-14-23(15-17-24)26(28)27(21-25-13-10-19-30-25)20-22-11-7-6-8-12-22/h6-8,10-17,19H,2-5,9,18,20-21H2,1H3. The van der Waals surface area contributed by atoms with E-state index in [4.69, 9.17) is 9.15 Å². The van der Waals surface area contributed by atoms with Crippen molar-refractivity contribution in [2.24, 2.45) is 0 Å². The van der Waals surface area contributed by atoms with Crippen LogP contribution in [0, 0.1) is 0 Å². The zero-order valence-corrected chi connectivity index (χ0v) is 17.8. The predicted molar refractivity (Wildman–Crippen MR) is 119 cm³/mol. The van der Waals surface area contributed by atoms with Gasteiger partial charge in [-0.2, -0.15) is 0 Å². The number of carbonyl (C=O) groups is 1. The summed E-state index contributed by atoms with van der Waals surface area (Å²) in [5.74, 6) is 1.55. The first-order valence-corrected chi connectivity index (χ1v) is 10.8. The predicted octanol–water partition coefficient (Wildman–Crippen LogP) is 6.47. The summed E-state index contributed by atoms with van der Waals surface area (Å²) in [6.45, 7) is 3.89. The molecular formula is C26H31NO3. The minimum atomic E-state index is -0.0265. The molecular weight excluding hydrogens is 374 g/mol. The van der Waals surface area contributed by atoms with Gasteiger partial charge in [0.2, 0.25) is 0 Å². The van der Waals surface area contributed by atoms with Gasteiger partial charge in [-0.25, -0.2) is 0 Å². The van der Waals surface area contributed by atoms with Crippen molar-refractivity contribution in [2.75, 3.05) is 6.61 Å². The van der Waals surface area contributed by atoms with E-state index in [-0.39, 0.29) is 5.91 Å². The number of hydrogen-bond donors (Lipinski definition) is 0. The van der Waals surface area contributed by atoms with E-state index in [0.717, 1.165) is 30.1 Å². The third-order valence-corrected chi connectivity index (χ3v) is 5.05. The van der Waals surface area contributed by atoms with E-state index in [0.29, 0.717) is 18.7 Å². The first kappa shape index (κ1) is 21.7. The summed E-state index contributed by atoms with van der Waals surface area (Å²) in [5.41, 5.74) is 1.73. The molecule has 0 saturated carbocycles. The van der Waals surface area contributed by atoms with Crippen molar-refractivity contribution >= 4 is 5.91 Å². The van der Waals surface area contributed by atoms with E-state index in [2.05, 4.69) is 6.92 Å². The van der Waals surface area contributed by atoms with Crippen LogP contribution >= 0.6 is 0 Å². The van der Waals surface area contributed by atoms with Crippen molar-refractivity contribution in [1.29, 1.82) is 0 Å². The number of unbranched alkanes of at least 4 members (excludes halogenated alkanes) is 4. The highest BCUT2D eigenvalue weighted by molar-refractivity contribution is 5.94. The monoisotopic (exact) mass is 405 g/mol. The zero-order chi connectivity index (χ0) is 21.0. The lowest BCUT2D eigenvalue weighted by Crippen LogP contribution is -2.30. The fraction of sp³-hybridized carbons (Fsp3) is 0.346. The second-order valence-electron chi connectivity index (χ2n) is 7.51. The van der Waals surface area contributed by atoms with Gasteiger partial charge in [-0.15, -0.1) is 0 Å². The molecule has 1 heterocycles. The highest BCUT2D eigenvalue weighted by Crippen LogP contribution is 2.18. The topological polar surface area (TPSA) is 42.7 Å². The number of carbonyl (C=O) groups excluding carboxylic acids is 1. The van der Waals surface area contributed by atoms with Crippen LogP contribution in [0.2, 0.25) is 0 Å². The summed E-state index contributed by atoms with van der Waals surface area (Å²) in [5, 5.41) is 0. The molecule has 0 bridgehead atoms. The summed E-state index contributed by atoms with van der Waals surface area (Å²) >= 11 is 0. The normalized spacial score (nSPS) is 10.7. The van der Waals surface area contributed by atoms with Crippen LogP contribution < -0.4 is 4.74 Å². The lowest BCUT2D eigenvalue weighted by atomic mass is 10.1. The van der Waals surface area contributed by atoms with Crippen molar-refractivity contribution in [3.8, 4) is 5.75 Å². The Morgan fingerprint density at radius 3 is 2.33 bits per heavy atom. The third kappa shape index (κ3) is 6.80.